The SMILES string of the molecule is CCO[C@@H](C)[C@H](N)C(=O)O. The smallest absolute Gasteiger partial charge is 0.323 e. The molecule has 0 aromatic heterocycles. The van der Waals surface area contributed by atoms with Gasteiger partial charge in [0.15, 0.2) is 0 Å². The first-order chi connectivity index (χ1) is 4.59. The van der Waals surface area contributed by atoms with Gasteiger partial charge < -0.3 is 15.6 Å². The highest BCUT2D eigenvalue weighted by atomic mass is 16.5. The summed E-state index contributed by atoms with van der Waals surface area (Å²) in [6.45, 7) is 3.93. The van der Waals surface area contributed by atoms with E-state index >= 15 is 0 Å². The molecule has 0 aromatic rings. The first-order valence-corrected chi connectivity index (χ1v) is 3.19. The van der Waals surface area contributed by atoms with E-state index in [1.807, 2.05) is 0 Å². The number of aliphatic carboxylic acids is 1. The van der Waals surface area contributed by atoms with Gasteiger partial charge in [-0.2, -0.15) is 0 Å². The zero-order valence-corrected chi connectivity index (χ0v) is 6.20. The third kappa shape index (κ3) is 2.80. The van der Waals surface area contributed by atoms with Gasteiger partial charge in [0.05, 0.1) is 6.10 Å². The van der Waals surface area contributed by atoms with Crippen molar-refractivity contribution in [2.24, 2.45) is 5.73 Å². The summed E-state index contributed by atoms with van der Waals surface area (Å²) in [7, 11) is 0. The number of hydrogen-bond donors (Lipinski definition) is 2. The predicted molar refractivity (Wildman–Crippen MR) is 36.7 cm³/mol. The Morgan fingerprint density at radius 2 is 2.30 bits per heavy atom. The summed E-state index contributed by atoms with van der Waals surface area (Å²) in [6.07, 6.45) is -0.414. The van der Waals surface area contributed by atoms with E-state index in [4.69, 9.17) is 15.6 Å². The Kier molecular flexibility index (Phi) is 3.99. The van der Waals surface area contributed by atoms with Crippen LogP contribution < -0.4 is 5.73 Å². The minimum absolute atomic E-state index is 0.414. The average Bonchev–Trinajstić information content (AvgIpc) is 1.87. The number of hydrogen-bond acceptors (Lipinski definition) is 3. The van der Waals surface area contributed by atoms with E-state index in [0.29, 0.717) is 6.61 Å². The summed E-state index contributed by atoms with van der Waals surface area (Å²) in [6, 6.07) is -0.917. The number of carboxylic acid groups (broad SMARTS) is 1. The molecule has 0 aliphatic rings. The molecule has 0 radical (unpaired) electrons. The van der Waals surface area contributed by atoms with Gasteiger partial charge in [0.1, 0.15) is 6.04 Å². The molecule has 3 N–H and O–H groups in total. The molecule has 0 unspecified atom stereocenters. The van der Waals surface area contributed by atoms with Crippen molar-refractivity contribution in [3.63, 3.8) is 0 Å². The van der Waals surface area contributed by atoms with Gasteiger partial charge in [0, 0.05) is 6.61 Å². The molecule has 0 rings (SSSR count). The molecule has 0 heterocycles. The van der Waals surface area contributed by atoms with Gasteiger partial charge >= 0.3 is 5.97 Å². The molecule has 0 spiro atoms. The molecule has 0 aliphatic heterocycles. The van der Waals surface area contributed by atoms with Gasteiger partial charge in [-0.1, -0.05) is 0 Å². The van der Waals surface area contributed by atoms with Gasteiger partial charge in [-0.15, -0.1) is 0 Å². The van der Waals surface area contributed by atoms with Crippen LogP contribution >= 0.6 is 0 Å². The van der Waals surface area contributed by atoms with Crippen LogP contribution in [0.4, 0.5) is 0 Å². The highest BCUT2D eigenvalue weighted by Crippen LogP contribution is 1.95. The minimum Gasteiger partial charge on any atom is -0.480 e. The molecule has 0 aromatic carbocycles. The normalized spacial score (nSPS) is 16.3. The van der Waals surface area contributed by atoms with Gasteiger partial charge in [-0.05, 0) is 13.8 Å². The summed E-state index contributed by atoms with van der Waals surface area (Å²) in [5, 5.41) is 8.37. The first-order valence-electron chi connectivity index (χ1n) is 3.19. The topological polar surface area (TPSA) is 72.5 Å². The molecule has 4 nitrogen and oxygen atoms in total. The maximum Gasteiger partial charge on any atom is 0.323 e. The van der Waals surface area contributed by atoms with Crippen LogP contribution in [0.3, 0.4) is 0 Å². The summed E-state index contributed by atoms with van der Waals surface area (Å²) in [5.74, 6) is -1.03. The molecule has 60 valence electrons. The molecule has 0 amide bonds. The van der Waals surface area contributed by atoms with Crippen molar-refractivity contribution in [2.75, 3.05) is 6.61 Å². The van der Waals surface area contributed by atoms with Crippen LogP contribution in [0.25, 0.3) is 0 Å². The molecular formula is C6H13NO3. The number of carboxylic acids is 1. The van der Waals surface area contributed by atoms with E-state index in [1.165, 1.54) is 0 Å². The van der Waals surface area contributed by atoms with E-state index in [1.54, 1.807) is 13.8 Å². The van der Waals surface area contributed by atoms with Crippen LogP contribution in [0, 0.1) is 0 Å². The Balaban J connectivity index is 3.69. The fourth-order valence-corrected chi connectivity index (χ4v) is 0.567. The third-order valence-corrected chi connectivity index (χ3v) is 1.22. The van der Waals surface area contributed by atoms with Gasteiger partial charge in [0.2, 0.25) is 0 Å². The molecule has 0 fully saturated rings. The largest absolute Gasteiger partial charge is 0.480 e. The fraction of sp³-hybridized carbons (Fsp3) is 0.833. The molecule has 0 saturated heterocycles. The van der Waals surface area contributed by atoms with Crippen LogP contribution in [0.1, 0.15) is 13.8 Å². The third-order valence-electron chi connectivity index (χ3n) is 1.22. The second kappa shape index (κ2) is 4.24. The molecule has 2 atom stereocenters. The number of ether oxygens (including phenoxy) is 1. The van der Waals surface area contributed by atoms with Crippen molar-refractivity contribution in [3.8, 4) is 0 Å². The lowest BCUT2D eigenvalue weighted by atomic mass is 10.2. The quantitative estimate of drug-likeness (QED) is 0.578. The zero-order valence-electron chi connectivity index (χ0n) is 6.20. The van der Waals surface area contributed by atoms with E-state index in [9.17, 15) is 4.79 Å². The molecule has 0 aliphatic carbocycles. The first kappa shape index (κ1) is 9.39. The van der Waals surface area contributed by atoms with Crippen molar-refractivity contribution in [1.82, 2.24) is 0 Å². The maximum atomic E-state index is 10.2. The van der Waals surface area contributed by atoms with Crippen LogP contribution in [0.15, 0.2) is 0 Å². The Bertz CT molecular complexity index is 116. The van der Waals surface area contributed by atoms with E-state index in [0.717, 1.165) is 0 Å². The summed E-state index contributed by atoms with van der Waals surface area (Å²) in [4.78, 5) is 10.2. The van der Waals surface area contributed by atoms with Gasteiger partial charge in [0.25, 0.3) is 0 Å². The van der Waals surface area contributed by atoms with Crippen molar-refractivity contribution < 1.29 is 14.6 Å². The maximum absolute atomic E-state index is 10.2. The second-order valence-electron chi connectivity index (χ2n) is 2.02. The van der Waals surface area contributed by atoms with Crippen LogP contribution in [0.5, 0.6) is 0 Å². The predicted octanol–water partition coefficient (Wildman–Crippen LogP) is -0.177. The number of nitrogens with two attached hydrogens (primary N) is 1. The van der Waals surface area contributed by atoms with Crippen LogP contribution in [-0.4, -0.2) is 29.8 Å². The molecule has 0 bridgehead atoms. The lowest BCUT2D eigenvalue weighted by Gasteiger charge is -2.14. The van der Waals surface area contributed by atoms with Crippen LogP contribution in [-0.2, 0) is 9.53 Å². The number of carbonyl (C=O) groups is 1. The lowest BCUT2D eigenvalue weighted by molar-refractivity contribution is -0.141. The standard InChI is InChI=1S/C6H13NO3/c1-3-10-4(2)5(7)6(8)9/h4-5H,3,7H2,1-2H3,(H,8,9)/t4-,5-/m0/s1. The molecule has 10 heavy (non-hydrogen) atoms. The summed E-state index contributed by atoms with van der Waals surface area (Å²) in [5.41, 5.74) is 5.22. The highest BCUT2D eigenvalue weighted by Gasteiger charge is 2.19. The van der Waals surface area contributed by atoms with E-state index in [2.05, 4.69) is 0 Å². The van der Waals surface area contributed by atoms with E-state index < -0.39 is 18.1 Å². The number of rotatable bonds is 4. The molecule has 4 heteroatoms. The second-order valence-corrected chi connectivity index (χ2v) is 2.02. The Hall–Kier alpha value is -0.610. The van der Waals surface area contributed by atoms with Crippen molar-refractivity contribution >= 4 is 5.97 Å². The van der Waals surface area contributed by atoms with Gasteiger partial charge in [-0.25, -0.2) is 0 Å². The molecule has 0 saturated carbocycles. The van der Waals surface area contributed by atoms with Crippen molar-refractivity contribution in [2.45, 2.75) is 26.0 Å². The summed E-state index contributed by atoms with van der Waals surface area (Å²) >= 11 is 0. The minimum atomic E-state index is -1.03. The van der Waals surface area contributed by atoms with Crippen molar-refractivity contribution in [1.29, 1.82) is 0 Å². The van der Waals surface area contributed by atoms with Crippen LogP contribution in [0.2, 0.25) is 0 Å². The van der Waals surface area contributed by atoms with E-state index in [-0.39, 0.29) is 0 Å². The molecular weight excluding hydrogens is 134 g/mol. The average molecular weight is 147 g/mol. The Morgan fingerprint density at radius 1 is 1.80 bits per heavy atom. The monoisotopic (exact) mass is 147 g/mol. The zero-order chi connectivity index (χ0) is 8.15. The highest BCUT2D eigenvalue weighted by molar-refractivity contribution is 5.73. The Labute approximate surface area is 60.0 Å². The Morgan fingerprint density at radius 3 is 2.60 bits per heavy atom. The van der Waals surface area contributed by atoms with Gasteiger partial charge in [-0.3, -0.25) is 4.79 Å². The summed E-state index contributed by atoms with van der Waals surface area (Å²) < 4.78 is 4.96. The lowest BCUT2D eigenvalue weighted by Crippen LogP contribution is -2.41. The van der Waals surface area contributed by atoms with Crippen molar-refractivity contribution in [3.05, 3.63) is 0 Å². The fourth-order valence-electron chi connectivity index (χ4n) is 0.567.